The summed E-state index contributed by atoms with van der Waals surface area (Å²) < 4.78 is 7.58. The van der Waals surface area contributed by atoms with Crippen molar-refractivity contribution in [1.29, 1.82) is 0 Å². The van der Waals surface area contributed by atoms with E-state index >= 15 is 0 Å². The van der Waals surface area contributed by atoms with Gasteiger partial charge in [0.1, 0.15) is 12.1 Å². The third-order valence-electron chi connectivity index (χ3n) is 3.06. The Morgan fingerprint density at radius 2 is 2.19 bits per heavy atom. The van der Waals surface area contributed by atoms with Gasteiger partial charge in [0.15, 0.2) is 0 Å². The molecule has 21 heavy (non-hydrogen) atoms. The number of rotatable bonds is 7. The molecule has 9 heteroatoms. The van der Waals surface area contributed by atoms with Crippen molar-refractivity contribution in [3.63, 3.8) is 0 Å². The van der Waals surface area contributed by atoms with E-state index in [-0.39, 0.29) is 18.3 Å². The van der Waals surface area contributed by atoms with Gasteiger partial charge in [-0.15, -0.1) is 4.91 Å². The first-order valence-corrected chi connectivity index (χ1v) is 7.64. The van der Waals surface area contributed by atoms with Gasteiger partial charge in [-0.05, 0) is 19.8 Å². The van der Waals surface area contributed by atoms with Crippen LogP contribution in [0.5, 0.6) is 0 Å². The van der Waals surface area contributed by atoms with Gasteiger partial charge in [0.05, 0.1) is 6.61 Å². The summed E-state index contributed by atoms with van der Waals surface area (Å²) in [4.78, 5) is 47.1. The standard InChI is InChI=1S/C12H19N3O5S/c1-3-20-12(18)10-5-4-6-15(10)11(17)9(7-21-14-19)13-8(2)16/h9-10H,3-7H2,1-2H3,(H,13,16)/t9-,10-/m0/s1. The summed E-state index contributed by atoms with van der Waals surface area (Å²) in [5.74, 6) is -1.18. The second-order valence-electron chi connectivity index (χ2n) is 4.57. The lowest BCUT2D eigenvalue weighted by molar-refractivity contribution is -0.153. The molecule has 1 aliphatic heterocycles. The number of carbonyl (C=O) groups excluding carboxylic acids is 3. The molecule has 8 nitrogen and oxygen atoms in total. The molecule has 1 aliphatic rings. The van der Waals surface area contributed by atoms with Gasteiger partial charge >= 0.3 is 5.97 Å². The van der Waals surface area contributed by atoms with E-state index in [2.05, 4.69) is 9.90 Å². The van der Waals surface area contributed by atoms with Crippen molar-refractivity contribution in [3.05, 3.63) is 4.91 Å². The number of nitrogens with one attached hydrogen (secondary N) is 1. The maximum absolute atomic E-state index is 12.5. The summed E-state index contributed by atoms with van der Waals surface area (Å²) in [6.07, 6.45) is 1.23. The van der Waals surface area contributed by atoms with Gasteiger partial charge in [-0.25, -0.2) is 4.79 Å². The zero-order chi connectivity index (χ0) is 15.8. The molecule has 1 saturated heterocycles. The number of ether oxygens (including phenoxy) is 1. The smallest absolute Gasteiger partial charge is 0.328 e. The Bertz CT molecular complexity index is 418. The lowest BCUT2D eigenvalue weighted by Crippen LogP contribution is -2.52. The van der Waals surface area contributed by atoms with E-state index in [1.807, 2.05) is 0 Å². The number of hydrogen-bond acceptors (Lipinski definition) is 7. The zero-order valence-electron chi connectivity index (χ0n) is 12.0. The molecule has 0 saturated carbocycles. The normalized spacial score (nSPS) is 19.0. The lowest BCUT2D eigenvalue weighted by atomic mass is 10.2. The van der Waals surface area contributed by atoms with Gasteiger partial charge in [-0.1, -0.05) is 0 Å². The van der Waals surface area contributed by atoms with Gasteiger partial charge in [0, 0.05) is 35.8 Å². The summed E-state index contributed by atoms with van der Waals surface area (Å²) in [5, 5.41) is 2.48. The Kier molecular flexibility index (Phi) is 7.13. The van der Waals surface area contributed by atoms with Gasteiger partial charge in [-0.2, -0.15) is 0 Å². The van der Waals surface area contributed by atoms with Gasteiger partial charge < -0.3 is 15.0 Å². The SMILES string of the molecule is CCOC(=O)[C@@H]1CCCN1C(=O)[C@H](CSN=O)NC(C)=O. The third-order valence-corrected chi connectivity index (χ3v) is 3.65. The van der Waals surface area contributed by atoms with E-state index in [0.717, 1.165) is 0 Å². The van der Waals surface area contributed by atoms with Crippen LogP contribution in [-0.2, 0) is 19.1 Å². The van der Waals surface area contributed by atoms with Crippen LogP contribution in [0, 0.1) is 4.91 Å². The topological polar surface area (TPSA) is 105 Å². The van der Waals surface area contributed by atoms with E-state index in [0.29, 0.717) is 31.3 Å². The number of likely N-dealkylation sites (tertiary alicyclic amines) is 1. The van der Waals surface area contributed by atoms with Crippen molar-refractivity contribution >= 4 is 29.7 Å². The lowest BCUT2D eigenvalue weighted by Gasteiger charge is -2.27. The molecule has 1 fully saturated rings. The number of nitroso groups, excluding NO2 is 1. The van der Waals surface area contributed by atoms with Crippen LogP contribution in [0.3, 0.4) is 0 Å². The highest BCUT2D eigenvalue weighted by Gasteiger charge is 2.38. The monoisotopic (exact) mass is 317 g/mol. The molecule has 0 bridgehead atoms. The van der Waals surface area contributed by atoms with E-state index in [1.54, 1.807) is 6.92 Å². The zero-order valence-corrected chi connectivity index (χ0v) is 12.9. The number of carbonyl (C=O) groups is 3. The largest absolute Gasteiger partial charge is 0.464 e. The van der Waals surface area contributed by atoms with Crippen molar-refractivity contribution in [2.45, 2.75) is 38.8 Å². The molecule has 0 aromatic heterocycles. The minimum absolute atomic E-state index is 0.0357. The van der Waals surface area contributed by atoms with E-state index in [1.165, 1.54) is 11.8 Å². The van der Waals surface area contributed by atoms with Crippen molar-refractivity contribution in [2.75, 3.05) is 18.9 Å². The third kappa shape index (κ3) is 5.00. The number of amides is 2. The highest BCUT2D eigenvalue weighted by atomic mass is 32.2. The average molecular weight is 317 g/mol. The summed E-state index contributed by atoms with van der Waals surface area (Å²) >= 11 is 0.656. The Morgan fingerprint density at radius 1 is 1.48 bits per heavy atom. The Morgan fingerprint density at radius 3 is 2.76 bits per heavy atom. The quantitative estimate of drug-likeness (QED) is 0.415. The molecule has 118 valence electrons. The fourth-order valence-corrected chi connectivity index (χ4v) is 2.68. The molecular weight excluding hydrogens is 298 g/mol. The van der Waals surface area contributed by atoms with Crippen LogP contribution in [0.25, 0.3) is 0 Å². The van der Waals surface area contributed by atoms with Crippen LogP contribution in [0.15, 0.2) is 4.58 Å². The molecule has 1 N–H and O–H groups in total. The number of hydrogen-bond donors (Lipinski definition) is 1. The maximum atomic E-state index is 12.5. The Balaban J connectivity index is 2.77. The van der Waals surface area contributed by atoms with Crippen molar-refractivity contribution in [1.82, 2.24) is 10.2 Å². The predicted octanol–water partition coefficient (Wildman–Crippen LogP) is 0.460. The molecule has 0 aromatic rings. The maximum Gasteiger partial charge on any atom is 0.328 e. The summed E-state index contributed by atoms with van der Waals surface area (Å²) in [7, 11) is 0. The fraction of sp³-hybridized carbons (Fsp3) is 0.750. The summed E-state index contributed by atoms with van der Waals surface area (Å²) in [6, 6.07) is -1.50. The molecule has 2 amide bonds. The predicted molar refractivity (Wildman–Crippen MR) is 77.2 cm³/mol. The van der Waals surface area contributed by atoms with Crippen LogP contribution < -0.4 is 5.32 Å². The molecule has 0 aromatic carbocycles. The Hall–Kier alpha value is -1.64. The summed E-state index contributed by atoms with van der Waals surface area (Å²) in [5.41, 5.74) is 0. The van der Waals surface area contributed by atoms with Crippen LogP contribution >= 0.6 is 11.9 Å². The first-order valence-electron chi connectivity index (χ1n) is 6.70. The van der Waals surface area contributed by atoms with Crippen LogP contribution in [-0.4, -0.2) is 53.7 Å². The highest BCUT2D eigenvalue weighted by molar-refractivity contribution is 7.97. The molecule has 1 rings (SSSR count). The first kappa shape index (κ1) is 17.4. The van der Waals surface area contributed by atoms with Crippen molar-refractivity contribution in [3.8, 4) is 0 Å². The molecule has 1 heterocycles. The van der Waals surface area contributed by atoms with Crippen molar-refractivity contribution in [2.24, 2.45) is 4.58 Å². The Labute approximate surface area is 127 Å². The average Bonchev–Trinajstić information content (AvgIpc) is 2.92. The molecule has 0 radical (unpaired) electrons. The van der Waals surface area contributed by atoms with E-state index in [9.17, 15) is 19.3 Å². The fourth-order valence-electron chi connectivity index (χ4n) is 2.24. The molecule has 0 unspecified atom stereocenters. The van der Waals surface area contributed by atoms with Gasteiger partial charge in [-0.3, -0.25) is 9.59 Å². The van der Waals surface area contributed by atoms with E-state index in [4.69, 9.17) is 4.74 Å². The second-order valence-corrected chi connectivity index (χ2v) is 5.31. The van der Waals surface area contributed by atoms with Gasteiger partial charge in [0.25, 0.3) is 0 Å². The minimum Gasteiger partial charge on any atom is -0.464 e. The number of nitrogens with zero attached hydrogens (tertiary/aromatic N) is 2. The first-order chi connectivity index (χ1) is 10.0. The molecule has 0 aliphatic carbocycles. The van der Waals surface area contributed by atoms with Crippen LogP contribution in [0.1, 0.15) is 26.7 Å². The number of esters is 1. The molecule has 2 atom stereocenters. The highest BCUT2D eigenvalue weighted by Crippen LogP contribution is 2.20. The molecule has 0 spiro atoms. The molecular formula is C12H19N3O5S. The van der Waals surface area contributed by atoms with Crippen LogP contribution in [0.2, 0.25) is 0 Å². The van der Waals surface area contributed by atoms with Gasteiger partial charge in [0.2, 0.25) is 11.8 Å². The minimum atomic E-state index is -0.875. The van der Waals surface area contributed by atoms with Crippen molar-refractivity contribution < 1.29 is 19.1 Å². The van der Waals surface area contributed by atoms with Crippen LogP contribution in [0.4, 0.5) is 0 Å². The summed E-state index contributed by atoms with van der Waals surface area (Å²) in [6.45, 7) is 3.66. The second kappa shape index (κ2) is 8.60. The van der Waals surface area contributed by atoms with E-state index < -0.39 is 24.0 Å².